The lowest BCUT2D eigenvalue weighted by molar-refractivity contribution is -0.00704. The second kappa shape index (κ2) is 3.80. The lowest BCUT2D eigenvalue weighted by atomic mass is 9.93. The molecule has 0 aliphatic carbocycles. The second-order valence-electron chi connectivity index (χ2n) is 4.10. The topological polar surface area (TPSA) is 18.5 Å². The number of aryl methyl sites for hydroxylation is 2. The molecule has 0 saturated carbocycles. The highest BCUT2D eigenvalue weighted by Crippen LogP contribution is 2.40. The number of hydrogen-bond acceptors (Lipinski definition) is 2. The maximum atomic E-state index is 5.35. The average Bonchev–Trinajstić information content (AvgIpc) is 2.13. The Morgan fingerprint density at radius 2 is 1.80 bits per heavy atom. The molecule has 0 atom stereocenters. The Labute approximate surface area is 98.7 Å². The van der Waals surface area contributed by atoms with Crippen molar-refractivity contribution in [1.29, 1.82) is 0 Å². The predicted octanol–water partition coefficient (Wildman–Crippen LogP) is 2.93. The molecule has 1 aromatic carbocycles. The van der Waals surface area contributed by atoms with Crippen LogP contribution in [0.3, 0.4) is 0 Å². The molecular formula is C12H15BrO2. The van der Waals surface area contributed by atoms with Crippen LogP contribution in [0.25, 0.3) is 0 Å². The number of hydrogen-bond donors (Lipinski definition) is 0. The zero-order valence-electron chi connectivity index (χ0n) is 9.26. The third-order valence-corrected chi connectivity index (χ3v) is 3.76. The Bertz CT molecular complexity index is 360. The number of benzene rings is 1. The zero-order valence-corrected chi connectivity index (χ0v) is 10.8. The van der Waals surface area contributed by atoms with E-state index in [0.717, 1.165) is 19.0 Å². The first-order chi connectivity index (χ1) is 7.07. The molecule has 1 aliphatic rings. The summed E-state index contributed by atoms with van der Waals surface area (Å²) in [4.78, 5) is 0. The van der Waals surface area contributed by atoms with E-state index in [4.69, 9.17) is 9.47 Å². The number of halogens is 1. The molecule has 1 aromatic rings. The summed E-state index contributed by atoms with van der Waals surface area (Å²) in [5, 5.41) is 0. The van der Waals surface area contributed by atoms with Crippen LogP contribution in [0.4, 0.5) is 0 Å². The van der Waals surface area contributed by atoms with Crippen molar-refractivity contribution in [2.24, 2.45) is 0 Å². The molecule has 0 aromatic heterocycles. The van der Waals surface area contributed by atoms with Crippen LogP contribution in [0.5, 0.6) is 5.75 Å². The van der Waals surface area contributed by atoms with Gasteiger partial charge in [-0.05, 0) is 30.5 Å². The molecule has 1 fully saturated rings. The third kappa shape index (κ3) is 1.79. The SMILES string of the molecule is COc1c(C)cc(C2(Br)COC2)cc1C. The Hall–Kier alpha value is -0.540. The van der Waals surface area contributed by atoms with E-state index in [-0.39, 0.29) is 4.32 Å². The highest BCUT2D eigenvalue weighted by Gasteiger charge is 2.38. The molecule has 3 heteroatoms. The van der Waals surface area contributed by atoms with E-state index < -0.39 is 0 Å². The Morgan fingerprint density at radius 1 is 1.27 bits per heavy atom. The Balaban J connectivity index is 2.43. The first kappa shape index (κ1) is 11.0. The lowest BCUT2D eigenvalue weighted by Crippen LogP contribution is -2.41. The van der Waals surface area contributed by atoms with Crippen molar-refractivity contribution >= 4 is 15.9 Å². The van der Waals surface area contributed by atoms with Crippen molar-refractivity contribution in [2.75, 3.05) is 20.3 Å². The summed E-state index contributed by atoms with van der Waals surface area (Å²) in [6.45, 7) is 5.65. The summed E-state index contributed by atoms with van der Waals surface area (Å²) in [5.74, 6) is 0.982. The van der Waals surface area contributed by atoms with Gasteiger partial charge in [-0.1, -0.05) is 28.1 Å². The molecule has 1 aliphatic heterocycles. The van der Waals surface area contributed by atoms with Gasteiger partial charge in [0, 0.05) is 0 Å². The number of rotatable bonds is 2. The number of alkyl halides is 1. The molecule has 0 amide bonds. The van der Waals surface area contributed by atoms with Crippen LogP contribution < -0.4 is 4.74 Å². The van der Waals surface area contributed by atoms with Gasteiger partial charge in [-0.15, -0.1) is 0 Å². The lowest BCUT2D eigenvalue weighted by Gasteiger charge is -2.37. The molecule has 2 nitrogen and oxygen atoms in total. The molecule has 15 heavy (non-hydrogen) atoms. The van der Waals surface area contributed by atoms with Crippen molar-refractivity contribution in [3.63, 3.8) is 0 Å². The number of methoxy groups -OCH3 is 1. The summed E-state index contributed by atoms with van der Waals surface area (Å²) >= 11 is 3.72. The van der Waals surface area contributed by atoms with Crippen molar-refractivity contribution < 1.29 is 9.47 Å². The minimum Gasteiger partial charge on any atom is -0.496 e. The van der Waals surface area contributed by atoms with Gasteiger partial charge in [-0.3, -0.25) is 0 Å². The summed E-state index contributed by atoms with van der Waals surface area (Å²) in [6, 6.07) is 4.34. The third-order valence-electron chi connectivity index (χ3n) is 2.84. The zero-order chi connectivity index (χ0) is 11.1. The van der Waals surface area contributed by atoms with E-state index in [1.807, 2.05) is 0 Å². The minimum atomic E-state index is 0.0226. The molecule has 1 heterocycles. The van der Waals surface area contributed by atoms with Gasteiger partial charge >= 0.3 is 0 Å². The van der Waals surface area contributed by atoms with E-state index >= 15 is 0 Å². The van der Waals surface area contributed by atoms with Gasteiger partial charge < -0.3 is 9.47 Å². The molecule has 1 saturated heterocycles. The monoisotopic (exact) mass is 270 g/mol. The number of ether oxygens (including phenoxy) is 2. The van der Waals surface area contributed by atoms with Crippen LogP contribution in [0.15, 0.2) is 12.1 Å². The van der Waals surface area contributed by atoms with Gasteiger partial charge in [0.1, 0.15) is 5.75 Å². The van der Waals surface area contributed by atoms with Crippen LogP contribution >= 0.6 is 15.9 Å². The van der Waals surface area contributed by atoms with Gasteiger partial charge in [0.05, 0.1) is 24.6 Å². The van der Waals surface area contributed by atoms with Gasteiger partial charge in [0.15, 0.2) is 0 Å². The van der Waals surface area contributed by atoms with Crippen LogP contribution in [0.2, 0.25) is 0 Å². The Kier molecular flexibility index (Phi) is 2.77. The molecule has 0 N–H and O–H groups in total. The van der Waals surface area contributed by atoms with Gasteiger partial charge in [0.25, 0.3) is 0 Å². The first-order valence-electron chi connectivity index (χ1n) is 4.99. The van der Waals surface area contributed by atoms with Crippen LogP contribution in [-0.2, 0) is 9.06 Å². The van der Waals surface area contributed by atoms with Crippen molar-refractivity contribution in [1.82, 2.24) is 0 Å². The minimum absolute atomic E-state index is 0.0226. The van der Waals surface area contributed by atoms with E-state index in [2.05, 4.69) is 41.9 Å². The quantitative estimate of drug-likeness (QED) is 0.770. The fourth-order valence-corrected chi connectivity index (χ4v) is 2.53. The van der Waals surface area contributed by atoms with E-state index in [0.29, 0.717) is 0 Å². The molecule has 0 radical (unpaired) electrons. The first-order valence-corrected chi connectivity index (χ1v) is 5.78. The molecule has 82 valence electrons. The largest absolute Gasteiger partial charge is 0.496 e. The van der Waals surface area contributed by atoms with Crippen LogP contribution in [0, 0.1) is 13.8 Å². The smallest absolute Gasteiger partial charge is 0.124 e. The molecule has 0 bridgehead atoms. The van der Waals surface area contributed by atoms with E-state index in [9.17, 15) is 0 Å². The van der Waals surface area contributed by atoms with Crippen LogP contribution in [0.1, 0.15) is 16.7 Å². The summed E-state index contributed by atoms with van der Waals surface area (Å²) in [6.07, 6.45) is 0. The maximum absolute atomic E-state index is 5.35. The van der Waals surface area contributed by atoms with Gasteiger partial charge in [-0.2, -0.15) is 0 Å². The average molecular weight is 271 g/mol. The second-order valence-corrected chi connectivity index (χ2v) is 5.62. The van der Waals surface area contributed by atoms with E-state index in [1.165, 1.54) is 16.7 Å². The molecule has 0 spiro atoms. The standard InChI is InChI=1S/C12H15BrO2/c1-8-4-10(12(13)6-15-7-12)5-9(2)11(8)14-3/h4-5H,6-7H2,1-3H3. The van der Waals surface area contributed by atoms with Crippen molar-refractivity contribution in [2.45, 2.75) is 18.2 Å². The van der Waals surface area contributed by atoms with Gasteiger partial charge in [-0.25, -0.2) is 0 Å². The highest BCUT2D eigenvalue weighted by molar-refractivity contribution is 9.09. The summed E-state index contributed by atoms with van der Waals surface area (Å²) in [5.41, 5.74) is 3.64. The predicted molar refractivity (Wildman–Crippen MR) is 63.9 cm³/mol. The van der Waals surface area contributed by atoms with E-state index in [1.54, 1.807) is 7.11 Å². The molecular weight excluding hydrogens is 256 g/mol. The normalized spacial score (nSPS) is 18.4. The fourth-order valence-electron chi connectivity index (χ4n) is 1.98. The summed E-state index contributed by atoms with van der Waals surface area (Å²) < 4.78 is 10.6. The summed E-state index contributed by atoms with van der Waals surface area (Å²) in [7, 11) is 1.71. The van der Waals surface area contributed by atoms with Gasteiger partial charge in [0.2, 0.25) is 0 Å². The Morgan fingerprint density at radius 3 is 2.13 bits per heavy atom. The maximum Gasteiger partial charge on any atom is 0.124 e. The fraction of sp³-hybridized carbons (Fsp3) is 0.500. The molecule has 2 rings (SSSR count). The molecule has 0 unspecified atom stereocenters. The highest BCUT2D eigenvalue weighted by atomic mass is 79.9. The van der Waals surface area contributed by atoms with Crippen molar-refractivity contribution in [3.8, 4) is 5.75 Å². The van der Waals surface area contributed by atoms with Crippen LogP contribution in [-0.4, -0.2) is 20.3 Å². The van der Waals surface area contributed by atoms with Crippen molar-refractivity contribution in [3.05, 3.63) is 28.8 Å².